The molecule has 3 aromatic rings. The van der Waals surface area contributed by atoms with E-state index in [1.165, 1.54) is 0 Å². The van der Waals surface area contributed by atoms with Crippen LogP contribution in [0.25, 0.3) is 10.8 Å². The molecular weight excluding hydrogens is 406 g/mol. The summed E-state index contributed by atoms with van der Waals surface area (Å²) >= 11 is 0. The second-order valence-electron chi connectivity index (χ2n) is 7.79. The van der Waals surface area contributed by atoms with E-state index in [4.69, 9.17) is 18.9 Å². The molecule has 0 fully saturated rings. The maximum atomic E-state index is 12.9. The Hall–Kier alpha value is -3.41. The third-order valence-corrected chi connectivity index (χ3v) is 5.65. The third kappa shape index (κ3) is 4.44. The maximum absolute atomic E-state index is 12.9. The number of rotatable bonds is 8. The third-order valence-electron chi connectivity index (χ3n) is 5.65. The molecule has 6 nitrogen and oxygen atoms in total. The van der Waals surface area contributed by atoms with Crippen molar-refractivity contribution in [2.24, 2.45) is 0 Å². The highest BCUT2D eigenvalue weighted by molar-refractivity contribution is 6.08. The zero-order valence-corrected chi connectivity index (χ0v) is 19.8. The quantitative estimate of drug-likeness (QED) is 0.487. The highest BCUT2D eigenvalue weighted by atomic mass is 16.5. The Bertz CT molecular complexity index is 1100. The van der Waals surface area contributed by atoms with Gasteiger partial charge < -0.3 is 23.8 Å². The summed E-state index contributed by atoms with van der Waals surface area (Å²) in [6, 6.07) is 13.4. The molecule has 170 valence electrons. The van der Waals surface area contributed by atoms with Gasteiger partial charge in [0.25, 0.3) is 0 Å². The smallest absolute Gasteiger partial charge is 0.224 e. The van der Waals surface area contributed by atoms with Crippen LogP contribution in [-0.4, -0.2) is 40.4 Å². The Morgan fingerprint density at radius 3 is 2.06 bits per heavy atom. The Balaban J connectivity index is 2.14. The molecule has 6 heteroatoms. The van der Waals surface area contributed by atoms with Gasteiger partial charge in [-0.15, -0.1) is 0 Å². The first-order valence-corrected chi connectivity index (χ1v) is 10.5. The van der Waals surface area contributed by atoms with E-state index >= 15 is 0 Å². The number of carbonyl (C=O) groups is 1. The van der Waals surface area contributed by atoms with Gasteiger partial charge in [0.15, 0.2) is 0 Å². The van der Waals surface area contributed by atoms with Gasteiger partial charge in [0.1, 0.15) is 23.0 Å². The summed E-state index contributed by atoms with van der Waals surface area (Å²) < 4.78 is 22.1. The van der Waals surface area contributed by atoms with Crippen molar-refractivity contribution in [1.82, 2.24) is 0 Å². The molecule has 3 aromatic carbocycles. The molecular formula is C26H31NO5. The van der Waals surface area contributed by atoms with Gasteiger partial charge in [0.05, 0.1) is 39.5 Å². The first kappa shape index (κ1) is 23.3. The number of carbonyl (C=O) groups excluding carboxylic acids is 1. The van der Waals surface area contributed by atoms with Crippen molar-refractivity contribution < 1.29 is 23.7 Å². The standard InChI is InChI=1S/C26H31NO5/c1-16-11-24(32-7)25-22(9-8-10-23(25)31-6)26(16)27(18(3)28)17(2)12-19-13-20(29-4)15-21(14-19)30-5/h8-11,13-15,17H,12H2,1-7H3/t17-/m0/s1. The molecule has 0 aromatic heterocycles. The molecule has 1 amide bonds. The van der Waals surface area contributed by atoms with Crippen LogP contribution in [0.2, 0.25) is 0 Å². The van der Waals surface area contributed by atoms with Crippen LogP contribution < -0.4 is 23.8 Å². The zero-order chi connectivity index (χ0) is 23.4. The minimum atomic E-state index is -0.120. The van der Waals surface area contributed by atoms with Crippen molar-refractivity contribution in [1.29, 1.82) is 0 Å². The lowest BCUT2D eigenvalue weighted by molar-refractivity contribution is -0.117. The number of amides is 1. The lowest BCUT2D eigenvalue weighted by Gasteiger charge is -2.32. The number of benzene rings is 3. The summed E-state index contributed by atoms with van der Waals surface area (Å²) in [7, 11) is 6.53. The van der Waals surface area contributed by atoms with Gasteiger partial charge in [-0.2, -0.15) is 0 Å². The van der Waals surface area contributed by atoms with Crippen LogP contribution in [0, 0.1) is 6.92 Å². The van der Waals surface area contributed by atoms with Gasteiger partial charge in [0, 0.05) is 24.4 Å². The van der Waals surface area contributed by atoms with Crippen LogP contribution >= 0.6 is 0 Å². The Kier molecular flexibility index (Phi) is 7.13. The maximum Gasteiger partial charge on any atom is 0.224 e. The van der Waals surface area contributed by atoms with Crippen LogP contribution in [0.15, 0.2) is 42.5 Å². The van der Waals surface area contributed by atoms with Crippen LogP contribution in [0.3, 0.4) is 0 Å². The van der Waals surface area contributed by atoms with Gasteiger partial charge in [-0.05, 0) is 55.7 Å². The van der Waals surface area contributed by atoms with Crippen molar-refractivity contribution >= 4 is 22.4 Å². The number of hydrogen-bond acceptors (Lipinski definition) is 5. The second-order valence-corrected chi connectivity index (χ2v) is 7.79. The molecule has 0 aliphatic rings. The number of nitrogens with zero attached hydrogens (tertiary/aromatic N) is 1. The van der Waals surface area contributed by atoms with Gasteiger partial charge in [-0.25, -0.2) is 0 Å². The predicted octanol–water partition coefficient (Wildman–Crippen LogP) is 5.17. The molecule has 0 aliphatic heterocycles. The van der Waals surface area contributed by atoms with E-state index in [1.807, 2.05) is 61.2 Å². The Labute approximate surface area is 189 Å². The highest BCUT2D eigenvalue weighted by Gasteiger charge is 2.25. The summed E-state index contributed by atoms with van der Waals surface area (Å²) in [5.74, 6) is 2.82. The first-order chi connectivity index (χ1) is 15.3. The van der Waals surface area contributed by atoms with E-state index in [1.54, 1.807) is 35.4 Å². The number of aryl methyl sites for hydroxylation is 1. The largest absolute Gasteiger partial charge is 0.497 e. The summed E-state index contributed by atoms with van der Waals surface area (Å²) in [6.45, 7) is 5.63. The molecule has 0 N–H and O–H groups in total. The molecule has 0 saturated carbocycles. The van der Waals surface area contributed by atoms with Crippen LogP contribution in [0.4, 0.5) is 5.69 Å². The lowest BCUT2D eigenvalue weighted by atomic mass is 9.98. The van der Waals surface area contributed by atoms with Crippen molar-refractivity contribution in [2.75, 3.05) is 33.3 Å². The predicted molar refractivity (Wildman–Crippen MR) is 128 cm³/mol. The molecule has 0 spiro atoms. The van der Waals surface area contributed by atoms with Crippen molar-refractivity contribution in [3.8, 4) is 23.0 Å². The summed E-state index contributed by atoms with van der Waals surface area (Å²) in [5.41, 5.74) is 2.83. The fourth-order valence-electron chi connectivity index (χ4n) is 4.29. The SMILES string of the molecule is COc1cc(C[C@H](C)N(C(C)=O)c2c(C)cc(OC)c3c(OC)cccc23)cc(OC)c1. The van der Waals surface area contributed by atoms with E-state index in [0.717, 1.165) is 39.1 Å². The number of anilines is 1. The lowest BCUT2D eigenvalue weighted by Crippen LogP contribution is -2.39. The monoisotopic (exact) mass is 437 g/mol. The molecule has 1 atom stereocenters. The van der Waals surface area contributed by atoms with Gasteiger partial charge in [-0.3, -0.25) is 4.79 Å². The number of hydrogen-bond donors (Lipinski definition) is 0. The van der Waals surface area contributed by atoms with E-state index in [2.05, 4.69) is 0 Å². The van der Waals surface area contributed by atoms with Gasteiger partial charge >= 0.3 is 0 Å². The van der Waals surface area contributed by atoms with Crippen molar-refractivity contribution in [3.63, 3.8) is 0 Å². The average molecular weight is 438 g/mol. The zero-order valence-electron chi connectivity index (χ0n) is 19.8. The van der Waals surface area contributed by atoms with Gasteiger partial charge in [-0.1, -0.05) is 12.1 Å². The van der Waals surface area contributed by atoms with E-state index in [9.17, 15) is 4.79 Å². The molecule has 0 saturated heterocycles. The molecule has 0 bridgehead atoms. The Morgan fingerprint density at radius 2 is 1.53 bits per heavy atom. The topological polar surface area (TPSA) is 57.2 Å². The van der Waals surface area contributed by atoms with Crippen molar-refractivity contribution in [3.05, 3.63) is 53.6 Å². The second kappa shape index (κ2) is 9.81. The van der Waals surface area contributed by atoms with E-state index in [-0.39, 0.29) is 11.9 Å². The summed E-state index contributed by atoms with van der Waals surface area (Å²) in [6.07, 6.45) is 0.629. The highest BCUT2D eigenvalue weighted by Crippen LogP contribution is 2.42. The van der Waals surface area contributed by atoms with E-state index in [0.29, 0.717) is 17.9 Å². The molecule has 32 heavy (non-hydrogen) atoms. The van der Waals surface area contributed by atoms with Crippen molar-refractivity contribution in [2.45, 2.75) is 33.2 Å². The Morgan fingerprint density at radius 1 is 0.906 bits per heavy atom. The normalized spacial score (nSPS) is 11.7. The average Bonchev–Trinajstić information content (AvgIpc) is 2.79. The number of methoxy groups -OCH3 is 4. The molecule has 3 rings (SSSR count). The first-order valence-electron chi connectivity index (χ1n) is 10.5. The molecule has 0 aliphatic carbocycles. The van der Waals surface area contributed by atoms with E-state index < -0.39 is 0 Å². The number of fused-ring (bicyclic) bond motifs is 1. The minimum absolute atomic E-state index is 0.0373. The molecule has 0 radical (unpaired) electrons. The van der Waals surface area contributed by atoms with Crippen LogP contribution in [0.5, 0.6) is 23.0 Å². The molecule has 0 heterocycles. The summed E-state index contributed by atoms with van der Waals surface area (Å²) in [5, 5.41) is 1.76. The summed E-state index contributed by atoms with van der Waals surface area (Å²) in [4.78, 5) is 14.8. The van der Waals surface area contributed by atoms with Crippen LogP contribution in [-0.2, 0) is 11.2 Å². The van der Waals surface area contributed by atoms with Gasteiger partial charge in [0.2, 0.25) is 5.91 Å². The minimum Gasteiger partial charge on any atom is -0.497 e. The van der Waals surface area contributed by atoms with Crippen LogP contribution in [0.1, 0.15) is 25.0 Å². The molecule has 0 unspecified atom stereocenters. The fraction of sp³-hybridized carbons (Fsp3) is 0.346. The fourth-order valence-corrected chi connectivity index (χ4v) is 4.29. The number of ether oxygens (including phenoxy) is 4.